The van der Waals surface area contributed by atoms with Crippen molar-refractivity contribution in [3.63, 3.8) is 0 Å². The van der Waals surface area contributed by atoms with Crippen LogP contribution in [-0.4, -0.2) is 59.4 Å². The molecular formula is C26H28F6N4O3. The van der Waals surface area contributed by atoms with Gasteiger partial charge in [-0.05, 0) is 68.1 Å². The van der Waals surface area contributed by atoms with Crippen molar-refractivity contribution in [2.45, 2.75) is 50.0 Å². The van der Waals surface area contributed by atoms with Gasteiger partial charge in [0.25, 0.3) is 5.69 Å². The highest BCUT2D eigenvalue weighted by molar-refractivity contribution is 5.76. The zero-order valence-electron chi connectivity index (χ0n) is 20.9. The molecule has 1 amide bonds. The Morgan fingerprint density at radius 3 is 2.21 bits per heavy atom. The van der Waals surface area contributed by atoms with E-state index in [2.05, 4.69) is 10.2 Å². The molecule has 2 aliphatic heterocycles. The van der Waals surface area contributed by atoms with E-state index in [9.17, 15) is 41.3 Å². The van der Waals surface area contributed by atoms with E-state index in [1.807, 2.05) is 0 Å². The molecule has 212 valence electrons. The smallest absolute Gasteiger partial charge is 0.380 e. The monoisotopic (exact) mass is 558 g/mol. The number of piperidine rings is 1. The average Bonchev–Trinajstić information content (AvgIpc) is 3.35. The van der Waals surface area contributed by atoms with Crippen molar-refractivity contribution in [3.8, 4) is 0 Å². The number of benzene rings is 2. The fraction of sp³-hybridized carbons (Fsp3) is 0.500. The third-order valence-corrected chi connectivity index (χ3v) is 7.35. The number of rotatable bonds is 7. The van der Waals surface area contributed by atoms with Gasteiger partial charge in [-0.25, -0.2) is 0 Å². The van der Waals surface area contributed by atoms with Gasteiger partial charge in [-0.3, -0.25) is 14.9 Å². The molecule has 0 saturated carbocycles. The molecule has 1 N–H and O–H groups in total. The Labute approximate surface area is 220 Å². The molecule has 2 saturated heterocycles. The molecular weight excluding hydrogens is 530 g/mol. The summed E-state index contributed by atoms with van der Waals surface area (Å²) in [5.41, 5.74) is -2.03. The Morgan fingerprint density at radius 2 is 1.62 bits per heavy atom. The van der Waals surface area contributed by atoms with Gasteiger partial charge in [0.2, 0.25) is 5.91 Å². The Hall–Kier alpha value is -3.35. The summed E-state index contributed by atoms with van der Waals surface area (Å²) in [5.74, 6) is 0.103. The first-order valence-corrected chi connectivity index (χ1v) is 12.6. The number of amides is 1. The second-order valence-corrected chi connectivity index (χ2v) is 9.94. The number of likely N-dealkylation sites (tertiary alicyclic amines) is 2. The van der Waals surface area contributed by atoms with Gasteiger partial charge in [-0.1, -0.05) is 12.1 Å². The molecule has 4 rings (SSSR count). The lowest BCUT2D eigenvalue weighted by atomic mass is 9.89. The van der Waals surface area contributed by atoms with Gasteiger partial charge < -0.3 is 15.1 Å². The zero-order valence-corrected chi connectivity index (χ0v) is 20.9. The lowest BCUT2D eigenvalue weighted by Gasteiger charge is -2.32. The molecule has 0 aromatic heterocycles. The van der Waals surface area contributed by atoms with E-state index in [1.54, 1.807) is 4.90 Å². The maximum atomic E-state index is 13.2. The number of alkyl halides is 6. The van der Waals surface area contributed by atoms with Gasteiger partial charge in [0.1, 0.15) is 5.56 Å². The third-order valence-electron chi connectivity index (χ3n) is 7.35. The minimum absolute atomic E-state index is 0.0659. The molecule has 39 heavy (non-hydrogen) atoms. The fourth-order valence-corrected chi connectivity index (χ4v) is 5.20. The molecule has 0 unspecified atom stereocenters. The van der Waals surface area contributed by atoms with Crippen molar-refractivity contribution >= 4 is 17.3 Å². The van der Waals surface area contributed by atoms with Crippen LogP contribution in [0.25, 0.3) is 0 Å². The molecule has 2 aromatic carbocycles. The number of anilines is 1. The molecule has 0 bridgehead atoms. The number of halogens is 6. The molecule has 0 radical (unpaired) electrons. The number of carbonyl (C=O) groups excluding carboxylic acids is 1. The van der Waals surface area contributed by atoms with E-state index >= 15 is 0 Å². The second-order valence-electron chi connectivity index (χ2n) is 9.94. The van der Waals surface area contributed by atoms with Crippen LogP contribution in [0.2, 0.25) is 0 Å². The maximum absolute atomic E-state index is 13.2. The molecule has 2 fully saturated rings. The van der Waals surface area contributed by atoms with E-state index in [0.717, 1.165) is 55.8 Å². The quantitative estimate of drug-likeness (QED) is 0.260. The first-order valence-electron chi connectivity index (χ1n) is 12.6. The molecule has 1 atom stereocenters. The summed E-state index contributed by atoms with van der Waals surface area (Å²) in [5, 5.41) is 13.9. The first kappa shape index (κ1) is 28.7. The van der Waals surface area contributed by atoms with E-state index < -0.39 is 34.1 Å². The number of nitrogens with one attached hydrogen (secondary N) is 1. The van der Waals surface area contributed by atoms with Gasteiger partial charge in [-0.15, -0.1) is 0 Å². The van der Waals surface area contributed by atoms with Crippen LogP contribution in [0.5, 0.6) is 0 Å². The fourth-order valence-electron chi connectivity index (χ4n) is 5.20. The SMILES string of the molecule is O=C(CCN1CCC(c2ccc(C(F)(F)F)cc2)CC1)N1CC[C@H](Nc2ccc([N+](=O)[O-])c(C(F)(F)F)c2)C1. The molecule has 7 nitrogen and oxygen atoms in total. The lowest BCUT2D eigenvalue weighted by Crippen LogP contribution is -2.37. The van der Waals surface area contributed by atoms with Crippen molar-refractivity contribution in [2.24, 2.45) is 0 Å². The summed E-state index contributed by atoms with van der Waals surface area (Å²) in [6.07, 6.45) is -6.85. The van der Waals surface area contributed by atoms with Crippen LogP contribution < -0.4 is 5.32 Å². The van der Waals surface area contributed by atoms with Gasteiger partial charge in [0.05, 0.1) is 10.5 Å². The summed E-state index contributed by atoms with van der Waals surface area (Å²) in [4.78, 5) is 26.4. The molecule has 2 heterocycles. The Bertz CT molecular complexity index is 1180. The highest BCUT2D eigenvalue weighted by atomic mass is 19.4. The number of carbonyl (C=O) groups is 1. The second kappa shape index (κ2) is 11.4. The highest BCUT2D eigenvalue weighted by Crippen LogP contribution is 2.38. The van der Waals surface area contributed by atoms with Crippen molar-refractivity contribution < 1.29 is 36.1 Å². The van der Waals surface area contributed by atoms with Crippen molar-refractivity contribution in [3.05, 3.63) is 69.3 Å². The van der Waals surface area contributed by atoms with Gasteiger partial charge in [-0.2, -0.15) is 26.3 Å². The Balaban J connectivity index is 1.22. The van der Waals surface area contributed by atoms with E-state index in [1.165, 1.54) is 18.2 Å². The predicted octanol–water partition coefficient (Wildman–Crippen LogP) is 5.91. The van der Waals surface area contributed by atoms with Crippen LogP contribution in [-0.2, 0) is 17.1 Å². The van der Waals surface area contributed by atoms with E-state index in [0.29, 0.717) is 26.1 Å². The predicted molar refractivity (Wildman–Crippen MR) is 131 cm³/mol. The molecule has 2 aromatic rings. The largest absolute Gasteiger partial charge is 0.423 e. The lowest BCUT2D eigenvalue weighted by molar-refractivity contribution is -0.388. The third kappa shape index (κ3) is 7.20. The number of nitrogens with zero attached hydrogens (tertiary/aromatic N) is 3. The van der Waals surface area contributed by atoms with Gasteiger partial charge >= 0.3 is 12.4 Å². The topological polar surface area (TPSA) is 78.7 Å². The van der Waals surface area contributed by atoms with Gasteiger partial charge in [0, 0.05) is 43.9 Å². The van der Waals surface area contributed by atoms with Gasteiger partial charge in [0.15, 0.2) is 0 Å². The summed E-state index contributed by atoms with van der Waals surface area (Å²) < 4.78 is 78.1. The maximum Gasteiger partial charge on any atom is 0.423 e. The number of nitro groups is 1. The van der Waals surface area contributed by atoms with Crippen molar-refractivity contribution in [1.82, 2.24) is 9.80 Å². The summed E-state index contributed by atoms with van der Waals surface area (Å²) in [7, 11) is 0. The van der Waals surface area contributed by atoms with Crippen LogP contribution in [0.1, 0.15) is 48.3 Å². The number of nitro benzene ring substituents is 1. The van der Waals surface area contributed by atoms with E-state index in [-0.39, 0.29) is 30.0 Å². The number of hydrogen-bond donors (Lipinski definition) is 1. The molecule has 13 heteroatoms. The normalized spacial score (nSPS) is 19.3. The minimum atomic E-state index is -4.87. The molecule has 0 spiro atoms. The summed E-state index contributed by atoms with van der Waals surface area (Å²) in [6.45, 7) is 2.76. The summed E-state index contributed by atoms with van der Waals surface area (Å²) in [6, 6.07) is 7.77. The van der Waals surface area contributed by atoms with Crippen LogP contribution in [0, 0.1) is 10.1 Å². The standard InChI is InChI=1S/C26H28F6N4O3/c27-25(28,29)19-3-1-17(2-4-19)18-7-11-34(12-8-18)13-10-24(37)35-14-9-21(16-35)33-20-5-6-23(36(38)39)22(15-20)26(30,31)32/h1-6,15,18,21,33H,7-14,16H2/t21-/m0/s1. The van der Waals surface area contributed by atoms with Crippen LogP contribution >= 0.6 is 0 Å². The first-order chi connectivity index (χ1) is 18.3. The zero-order chi connectivity index (χ0) is 28.4. The highest BCUT2D eigenvalue weighted by Gasteiger charge is 2.39. The van der Waals surface area contributed by atoms with Crippen LogP contribution in [0.3, 0.4) is 0 Å². The molecule has 0 aliphatic carbocycles. The van der Waals surface area contributed by atoms with Crippen LogP contribution in [0.15, 0.2) is 42.5 Å². The Morgan fingerprint density at radius 1 is 0.949 bits per heavy atom. The van der Waals surface area contributed by atoms with Crippen molar-refractivity contribution in [1.29, 1.82) is 0 Å². The minimum Gasteiger partial charge on any atom is -0.380 e. The molecule has 2 aliphatic rings. The van der Waals surface area contributed by atoms with Crippen molar-refractivity contribution in [2.75, 3.05) is 38.0 Å². The summed E-state index contributed by atoms with van der Waals surface area (Å²) >= 11 is 0. The average molecular weight is 559 g/mol. The Kier molecular flexibility index (Phi) is 8.38. The van der Waals surface area contributed by atoms with E-state index in [4.69, 9.17) is 0 Å². The van der Waals surface area contributed by atoms with Crippen LogP contribution in [0.4, 0.5) is 37.7 Å². The number of hydrogen-bond acceptors (Lipinski definition) is 5.